The number of hydrogen-bond donors (Lipinski definition) is 2. The first-order valence-corrected chi connectivity index (χ1v) is 9.15. The van der Waals surface area contributed by atoms with E-state index in [0.717, 1.165) is 13.0 Å². The molecule has 2 rings (SSSR count). The first-order valence-electron chi connectivity index (χ1n) is 9.15. The molecular weight excluding hydrogens is 316 g/mol. The molecule has 2 N–H and O–H groups in total. The second kappa shape index (κ2) is 8.99. The number of hydrogen-bond acceptors (Lipinski definition) is 3. The average molecular weight is 346 g/mol. The molecule has 0 spiro atoms. The van der Waals surface area contributed by atoms with Crippen LogP contribution in [0.1, 0.15) is 44.2 Å². The molecule has 1 saturated heterocycles. The molecule has 138 valence electrons. The van der Waals surface area contributed by atoms with E-state index in [9.17, 15) is 14.7 Å². The number of amides is 1. The number of carbonyl (C=O) groups excluding carboxylic acids is 1. The molecule has 1 aliphatic rings. The fourth-order valence-electron chi connectivity index (χ4n) is 3.44. The van der Waals surface area contributed by atoms with E-state index in [1.165, 1.54) is 11.1 Å². The molecule has 5 nitrogen and oxygen atoms in total. The first kappa shape index (κ1) is 19.4. The van der Waals surface area contributed by atoms with E-state index >= 15 is 0 Å². The van der Waals surface area contributed by atoms with Crippen molar-refractivity contribution in [2.45, 2.75) is 39.5 Å². The second-order valence-electron chi connectivity index (χ2n) is 7.57. The summed E-state index contributed by atoms with van der Waals surface area (Å²) in [6.45, 7) is 8.52. The maximum absolute atomic E-state index is 12.1. The molecule has 0 radical (unpaired) electrons. The van der Waals surface area contributed by atoms with Gasteiger partial charge in [-0.3, -0.25) is 14.5 Å². The first-order chi connectivity index (χ1) is 11.8. The summed E-state index contributed by atoms with van der Waals surface area (Å²) >= 11 is 0. The number of nitrogens with one attached hydrogen (secondary N) is 1. The van der Waals surface area contributed by atoms with Gasteiger partial charge < -0.3 is 10.4 Å². The summed E-state index contributed by atoms with van der Waals surface area (Å²) in [4.78, 5) is 25.3. The van der Waals surface area contributed by atoms with Crippen molar-refractivity contribution in [3.05, 3.63) is 35.4 Å². The number of nitrogens with zero attached hydrogens (tertiary/aromatic N) is 1. The monoisotopic (exact) mass is 346 g/mol. The zero-order chi connectivity index (χ0) is 18.4. The van der Waals surface area contributed by atoms with Gasteiger partial charge in [0.05, 0.1) is 12.5 Å². The molecule has 2 unspecified atom stereocenters. The number of carboxylic acid groups (broad SMARTS) is 1. The molecule has 1 heterocycles. The molecule has 0 aromatic heterocycles. The fraction of sp³-hybridized carbons (Fsp3) is 0.600. The van der Waals surface area contributed by atoms with Crippen molar-refractivity contribution in [3.8, 4) is 0 Å². The summed E-state index contributed by atoms with van der Waals surface area (Å²) in [7, 11) is 0. The Kier molecular flexibility index (Phi) is 7.00. The molecule has 1 aliphatic heterocycles. The number of benzene rings is 1. The van der Waals surface area contributed by atoms with Crippen molar-refractivity contribution in [1.29, 1.82) is 0 Å². The lowest BCUT2D eigenvalue weighted by Gasteiger charge is -2.34. The highest BCUT2D eigenvalue weighted by molar-refractivity contribution is 5.78. The highest BCUT2D eigenvalue weighted by Gasteiger charge is 2.30. The maximum Gasteiger partial charge on any atom is 0.307 e. The Morgan fingerprint density at radius 2 is 1.92 bits per heavy atom. The van der Waals surface area contributed by atoms with Gasteiger partial charge in [0, 0.05) is 19.6 Å². The summed E-state index contributed by atoms with van der Waals surface area (Å²) in [6, 6.07) is 8.52. The van der Waals surface area contributed by atoms with Crippen LogP contribution in [0.3, 0.4) is 0 Å². The average Bonchev–Trinajstić information content (AvgIpc) is 2.54. The van der Waals surface area contributed by atoms with Gasteiger partial charge in [-0.05, 0) is 35.8 Å². The highest BCUT2D eigenvalue weighted by atomic mass is 16.4. The smallest absolute Gasteiger partial charge is 0.307 e. The van der Waals surface area contributed by atoms with Crippen LogP contribution in [-0.4, -0.2) is 48.1 Å². The Hall–Kier alpha value is -1.88. The van der Waals surface area contributed by atoms with Gasteiger partial charge >= 0.3 is 5.97 Å². The Morgan fingerprint density at radius 1 is 1.24 bits per heavy atom. The van der Waals surface area contributed by atoms with Crippen LogP contribution in [-0.2, 0) is 16.0 Å². The van der Waals surface area contributed by atoms with Crippen LogP contribution >= 0.6 is 0 Å². The fourth-order valence-corrected chi connectivity index (χ4v) is 3.44. The van der Waals surface area contributed by atoms with Crippen LogP contribution in [0.25, 0.3) is 0 Å². The van der Waals surface area contributed by atoms with Gasteiger partial charge in [-0.1, -0.05) is 45.0 Å². The highest BCUT2D eigenvalue weighted by Crippen LogP contribution is 2.21. The van der Waals surface area contributed by atoms with E-state index in [-0.39, 0.29) is 18.4 Å². The largest absolute Gasteiger partial charge is 0.481 e. The SMILES string of the molecule is CC1CC(C(=O)O)CN(CC(=O)NCCc2ccc(C(C)C)cc2)C1. The summed E-state index contributed by atoms with van der Waals surface area (Å²) in [5.41, 5.74) is 2.53. The third kappa shape index (κ3) is 6.16. The third-order valence-electron chi connectivity index (χ3n) is 4.83. The van der Waals surface area contributed by atoms with Crippen molar-refractivity contribution in [3.63, 3.8) is 0 Å². The topological polar surface area (TPSA) is 69.6 Å². The zero-order valence-electron chi connectivity index (χ0n) is 15.5. The minimum atomic E-state index is -0.762. The number of carboxylic acids is 1. The molecular formula is C20H30N2O3. The van der Waals surface area contributed by atoms with Crippen molar-refractivity contribution < 1.29 is 14.7 Å². The number of rotatable bonds is 7. The lowest BCUT2D eigenvalue weighted by Crippen LogP contribution is -2.47. The van der Waals surface area contributed by atoms with Crippen LogP contribution in [0, 0.1) is 11.8 Å². The Bertz CT molecular complexity index is 583. The minimum absolute atomic E-state index is 0.0305. The van der Waals surface area contributed by atoms with Gasteiger partial charge in [0.2, 0.25) is 5.91 Å². The van der Waals surface area contributed by atoms with Gasteiger partial charge in [0.1, 0.15) is 0 Å². The third-order valence-corrected chi connectivity index (χ3v) is 4.83. The summed E-state index contributed by atoms with van der Waals surface area (Å²) in [5.74, 6) is -0.327. The normalized spacial score (nSPS) is 21.3. The van der Waals surface area contributed by atoms with E-state index in [1.54, 1.807) is 0 Å². The molecule has 1 aromatic carbocycles. The van der Waals surface area contributed by atoms with Crippen LogP contribution in [0.4, 0.5) is 0 Å². The van der Waals surface area contributed by atoms with E-state index in [2.05, 4.69) is 43.4 Å². The second-order valence-corrected chi connectivity index (χ2v) is 7.57. The predicted molar refractivity (Wildman–Crippen MR) is 98.6 cm³/mol. The van der Waals surface area contributed by atoms with Gasteiger partial charge in [-0.25, -0.2) is 0 Å². The van der Waals surface area contributed by atoms with Crippen molar-refractivity contribution >= 4 is 11.9 Å². The van der Waals surface area contributed by atoms with Crippen molar-refractivity contribution in [2.24, 2.45) is 11.8 Å². The summed E-state index contributed by atoms with van der Waals surface area (Å²) < 4.78 is 0. The van der Waals surface area contributed by atoms with Crippen LogP contribution in [0.5, 0.6) is 0 Å². The molecule has 25 heavy (non-hydrogen) atoms. The van der Waals surface area contributed by atoms with E-state index < -0.39 is 5.97 Å². The Labute approximate surface area is 150 Å². The van der Waals surface area contributed by atoms with Crippen LogP contribution in [0.15, 0.2) is 24.3 Å². The van der Waals surface area contributed by atoms with Crippen molar-refractivity contribution in [2.75, 3.05) is 26.2 Å². The van der Waals surface area contributed by atoms with Gasteiger partial charge in [-0.15, -0.1) is 0 Å². The summed E-state index contributed by atoms with van der Waals surface area (Å²) in [5, 5.41) is 12.1. The molecule has 0 aliphatic carbocycles. The molecule has 5 heteroatoms. The molecule has 1 aromatic rings. The summed E-state index contributed by atoms with van der Waals surface area (Å²) in [6.07, 6.45) is 1.50. The van der Waals surface area contributed by atoms with Gasteiger partial charge in [0.25, 0.3) is 0 Å². The lowest BCUT2D eigenvalue weighted by molar-refractivity contribution is -0.145. The number of likely N-dealkylation sites (tertiary alicyclic amines) is 1. The Morgan fingerprint density at radius 3 is 2.52 bits per heavy atom. The molecule has 0 bridgehead atoms. The Balaban J connectivity index is 1.74. The lowest BCUT2D eigenvalue weighted by atomic mass is 9.90. The van der Waals surface area contributed by atoms with Crippen LogP contribution < -0.4 is 5.32 Å². The number of aliphatic carboxylic acids is 1. The van der Waals surface area contributed by atoms with E-state index in [4.69, 9.17) is 0 Å². The maximum atomic E-state index is 12.1. The van der Waals surface area contributed by atoms with Crippen molar-refractivity contribution in [1.82, 2.24) is 10.2 Å². The molecule has 1 fully saturated rings. The number of carbonyl (C=O) groups is 2. The molecule has 2 atom stereocenters. The van der Waals surface area contributed by atoms with E-state index in [0.29, 0.717) is 31.3 Å². The predicted octanol–water partition coefficient (Wildman–Crippen LogP) is 2.51. The standard InChI is InChI=1S/C20H30N2O3/c1-14(2)17-6-4-16(5-7-17)8-9-21-19(23)13-22-11-15(3)10-18(12-22)20(24)25/h4-7,14-15,18H,8-13H2,1-3H3,(H,21,23)(H,24,25). The van der Waals surface area contributed by atoms with Gasteiger partial charge in [-0.2, -0.15) is 0 Å². The number of piperidine rings is 1. The quantitative estimate of drug-likeness (QED) is 0.796. The van der Waals surface area contributed by atoms with E-state index in [1.807, 2.05) is 11.8 Å². The van der Waals surface area contributed by atoms with Gasteiger partial charge in [0.15, 0.2) is 0 Å². The van der Waals surface area contributed by atoms with Crippen LogP contribution in [0.2, 0.25) is 0 Å². The minimum Gasteiger partial charge on any atom is -0.481 e. The molecule has 0 saturated carbocycles. The molecule has 1 amide bonds. The zero-order valence-corrected chi connectivity index (χ0v) is 15.5.